The van der Waals surface area contributed by atoms with Crippen LogP contribution in [0.2, 0.25) is 5.02 Å². The van der Waals surface area contributed by atoms with Crippen LogP contribution in [0.1, 0.15) is 27.8 Å². The highest BCUT2D eigenvalue weighted by molar-refractivity contribution is 6.31. The Morgan fingerprint density at radius 2 is 2.00 bits per heavy atom. The fourth-order valence-corrected chi connectivity index (χ4v) is 1.87. The van der Waals surface area contributed by atoms with E-state index in [-0.39, 0.29) is 11.5 Å². The number of methoxy groups -OCH3 is 1. The van der Waals surface area contributed by atoms with Crippen LogP contribution in [-0.4, -0.2) is 23.8 Å². The van der Waals surface area contributed by atoms with Crippen molar-refractivity contribution >= 4 is 34.3 Å². The molecule has 0 aliphatic heterocycles. The van der Waals surface area contributed by atoms with Gasteiger partial charge in [0, 0.05) is 16.0 Å². The average Bonchev–Trinajstić information content (AvgIpc) is 2.36. The quantitative estimate of drug-likeness (QED) is 0.617. The summed E-state index contributed by atoms with van der Waals surface area (Å²) in [4.78, 5) is 27.2. The zero-order chi connectivity index (χ0) is 13.3. The van der Waals surface area contributed by atoms with Crippen LogP contribution in [0.4, 0.5) is 0 Å². The predicted molar refractivity (Wildman–Crippen MR) is 68.1 cm³/mol. The number of halogens is 1. The zero-order valence-corrected chi connectivity index (χ0v) is 10.6. The van der Waals surface area contributed by atoms with Gasteiger partial charge < -0.3 is 4.74 Å². The van der Waals surface area contributed by atoms with Crippen molar-refractivity contribution in [2.24, 2.45) is 0 Å². The molecule has 0 atom stereocenters. The number of nitrogens with zero attached hydrogens (tertiary/aromatic N) is 1. The van der Waals surface area contributed by atoms with Crippen LogP contribution in [0.15, 0.2) is 24.3 Å². The SMILES string of the molecule is COC(=O)c1cc(C(C)=O)c2cc(Cl)ccc2n1. The molecule has 0 bridgehead atoms. The minimum Gasteiger partial charge on any atom is -0.464 e. The van der Waals surface area contributed by atoms with Gasteiger partial charge in [0.25, 0.3) is 0 Å². The Morgan fingerprint density at radius 1 is 1.28 bits per heavy atom. The summed E-state index contributed by atoms with van der Waals surface area (Å²) in [5, 5.41) is 1.14. The smallest absolute Gasteiger partial charge is 0.356 e. The molecule has 0 N–H and O–H groups in total. The summed E-state index contributed by atoms with van der Waals surface area (Å²) in [6.07, 6.45) is 0. The number of hydrogen-bond acceptors (Lipinski definition) is 4. The molecule has 2 rings (SSSR count). The van der Waals surface area contributed by atoms with Gasteiger partial charge in [0.1, 0.15) is 5.69 Å². The highest BCUT2D eigenvalue weighted by Crippen LogP contribution is 2.23. The molecule has 0 unspecified atom stereocenters. The Bertz CT molecular complexity index is 652. The molecule has 1 heterocycles. The van der Waals surface area contributed by atoms with Crippen molar-refractivity contribution in [3.05, 3.63) is 40.5 Å². The molecule has 18 heavy (non-hydrogen) atoms. The normalized spacial score (nSPS) is 10.4. The molecule has 0 amide bonds. The molecule has 0 aliphatic rings. The van der Waals surface area contributed by atoms with Crippen molar-refractivity contribution < 1.29 is 14.3 Å². The topological polar surface area (TPSA) is 56.3 Å². The van der Waals surface area contributed by atoms with E-state index in [0.717, 1.165) is 0 Å². The van der Waals surface area contributed by atoms with Crippen LogP contribution < -0.4 is 0 Å². The summed E-state index contributed by atoms with van der Waals surface area (Å²) >= 11 is 5.89. The number of carbonyl (C=O) groups is 2. The highest BCUT2D eigenvalue weighted by atomic mass is 35.5. The van der Waals surface area contributed by atoms with Crippen LogP contribution in [-0.2, 0) is 4.74 Å². The van der Waals surface area contributed by atoms with Crippen molar-refractivity contribution in [2.45, 2.75) is 6.92 Å². The van der Waals surface area contributed by atoms with Gasteiger partial charge in [-0.2, -0.15) is 0 Å². The molecule has 0 aliphatic carbocycles. The lowest BCUT2D eigenvalue weighted by Gasteiger charge is -2.06. The van der Waals surface area contributed by atoms with E-state index in [9.17, 15) is 9.59 Å². The molecule has 2 aromatic rings. The minimum atomic E-state index is -0.575. The molecule has 1 aromatic carbocycles. The van der Waals surface area contributed by atoms with Crippen LogP contribution in [0.25, 0.3) is 10.9 Å². The molecule has 0 fully saturated rings. The van der Waals surface area contributed by atoms with E-state index in [4.69, 9.17) is 11.6 Å². The predicted octanol–water partition coefficient (Wildman–Crippen LogP) is 2.88. The Balaban J connectivity index is 2.78. The summed E-state index contributed by atoms with van der Waals surface area (Å²) in [6, 6.07) is 6.40. The Labute approximate surface area is 109 Å². The van der Waals surface area contributed by atoms with Gasteiger partial charge in [0.2, 0.25) is 0 Å². The summed E-state index contributed by atoms with van der Waals surface area (Å²) in [5.41, 5.74) is 1.05. The number of ether oxygens (including phenoxy) is 1. The van der Waals surface area contributed by atoms with Crippen LogP contribution in [0, 0.1) is 0 Å². The van der Waals surface area contributed by atoms with E-state index in [0.29, 0.717) is 21.5 Å². The summed E-state index contributed by atoms with van der Waals surface area (Å²) in [7, 11) is 1.27. The molecule has 0 radical (unpaired) electrons. The second-order valence-electron chi connectivity index (χ2n) is 3.76. The number of rotatable bonds is 2. The largest absolute Gasteiger partial charge is 0.464 e. The van der Waals surface area contributed by atoms with E-state index in [1.54, 1.807) is 18.2 Å². The average molecular weight is 264 g/mol. The molecule has 1 aromatic heterocycles. The first-order valence-corrected chi connectivity index (χ1v) is 5.60. The van der Waals surface area contributed by atoms with Crippen molar-refractivity contribution in [3.8, 4) is 0 Å². The number of aromatic nitrogens is 1. The van der Waals surface area contributed by atoms with Crippen LogP contribution in [0.5, 0.6) is 0 Å². The van der Waals surface area contributed by atoms with E-state index in [1.807, 2.05) is 0 Å². The highest BCUT2D eigenvalue weighted by Gasteiger charge is 2.14. The van der Waals surface area contributed by atoms with E-state index in [1.165, 1.54) is 20.1 Å². The number of benzene rings is 1. The van der Waals surface area contributed by atoms with Crippen molar-refractivity contribution in [1.82, 2.24) is 4.98 Å². The number of Topliss-reactive ketones (excluding diaryl/α,β-unsaturated/α-hetero) is 1. The maximum absolute atomic E-state index is 11.6. The number of fused-ring (bicyclic) bond motifs is 1. The summed E-state index contributed by atoms with van der Waals surface area (Å²) < 4.78 is 4.60. The molecule has 5 heteroatoms. The molecule has 0 spiro atoms. The molecular weight excluding hydrogens is 254 g/mol. The van der Waals surface area contributed by atoms with Gasteiger partial charge >= 0.3 is 5.97 Å². The van der Waals surface area contributed by atoms with E-state index < -0.39 is 5.97 Å². The van der Waals surface area contributed by atoms with Gasteiger partial charge in [-0.15, -0.1) is 0 Å². The van der Waals surface area contributed by atoms with Crippen molar-refractivity contribution in [1.29, 1.82) is 0 Å². The van der Waals surface area contributed by atoms with Gasteiger partial charge in [-0.05, 0) is 31.2 Å². The summed E-state index contributed by atoms with van der Waals surface area (Å²) in [6.45, 7) is 1.43. The number of esters is 1. The first kappa shape index (κ1) is 12.5. The minimum absolute atomic E-state index is 0.109. The van der Waals surface area contributed by atoms with Gasteiger partial charge in [-0.1, -0.05) is 11.6 Å². The third kappa shape index (κ3) is 2.19. The fraction of sp³-hybridized carbons (Fsp3) is 0.154. The number of hydrogen-bond donors (Lipinski definition) is 0. The second-order valence-corrected chi connectivity index (χ2v) is 4.20. The van der Waals surface area contributed by atoms with E-state index >= 15 is 0 Å². The standard InChI is InChI=1S/C13H10ClNO3/c1-7(16)9-6-12(13(17)18-2)15-11-4-3-8(14)5-10(9)11/h3-6H,1-2H3. The lowest BCUT2D eigenvalue weighted by Crippen LogP contribution is -2.07. The third-order valence-electron chi connectivity index (χ3n) is 2.54. The van der Waals surface area contributed by atoms with Gasteiger partial charge in [-0.3, -0.25) is 4.79 Å². The number of ketones is 1. The maximum atomic E-state index is 11.6. The lowest BCUT2D eigenvalue weighted by atomic mass is 10.0. The molecule has 92 valence electrons. The van der Waals surface area contributed by atoms with Gasteiger partial charge in [0.15, 0.2) is 5.78 Å². The monoisotopic (exact) mass is 263 g/mol. The Kier molecular flexibility index (Phi) is 3.30. The van der Waals surface area contributed by atoms with Gasteiger partial charge in [0.05, 0.1) is 12.6 Å². The number of carbonyl (C=O) groups excluding carboxylic acids is 2. The first-order valence-electron chi connectivity index (χ1n) is 5.22. The van der Waals surface area contributed by atoms with Crippen molar-refractivity contribution in [3.63, 3.8) is 0 Å². The van der Waals surface area contributed by atoms with Crippen LogP contribution >= 0.6 is 11.6 Å². The lowest BCUT2D eigenvalue weighted by molar-refractivity contribution is 0.0594. The Hall–Kier alpha value is -1.94. The molecular formula is C13H10ClNO3. The molecule has 0 saturated carbocycles. The number of pyridine rings is 1. The summed E-state index contributed by atoms with van der Waals surface area (Å²) in [5.74, 6) is -0.732. The maximum Gasteiger partial charge on any atom is 0.356 e. The van der Waals surface area contributed by atoms with E-state index in [2.05, 4.69) is 9.72 Å². The van der Waals surface area contributed by atoms with Crippen molar-refractivity contribution in [2.75, 3.05) is 7.11 Å². The zero-order valence-electron chi connectivity index (χ0n) is 9.86. The van der Waals surface area contributed by atoms with Gasteiger partial charge in [-0.25, -0.2) is 9.78 Å². The first-order chi connectivity index (χ1) is 8.52. The molecule has 4 nitrogen and oxygen atoms in total. The third-order valence-corrected chi connectivity index (χ3v) is 2.78. The Morgan fingerprint density at radius 3 is 2.61 bits per heavy atom. The molecule has 0 saturated heterocycles. The second kappa shape index (κ2) is 4.74. The fourth-order valence-electron chi connectivity index (χ4n) is 1.70. The van der Waals surface area contributed by atoms with Crippen LogP contribution in [0.3, 0.4) is 0 Å².